The Morgan fingerprint density at radius 2 is 2.09 bits per heavy atom. The fourth-order valence-corrected chi connectivity index (χ4v) is 2.95. The molecule has 0 N–H and O–H groups in total. The fraction of sp³-hybridized carbons (Fsp3) is 1.00. The lowest BCUT2D eigenvalue weighted by atomic mass is 10.00. The third kappa shape index (κ3) is 1.30. The van der Waals surface area contributed by atoms with Crippen LogP contribution in [0.5, 0.6) is 0 Å². The lowest BCUT2D eigenvalue weighted by molar-refractivity contribution is -0.189. The molecule has 0 aromatic carbocycles. The van der Waals surface area contributed by atoms with Gasteiger partial charge in [0.1, 0.15) is 0 Å². The molecule has 0 aromatic heterocycles. The van der Waals surface area contributed by atoms with Gasteiger partial charge in [-0.3, -0.25) is 0 Å². The molecule has 0 aliphatic carbocycles. The zero-order chi connectivity index (χ0) is 7.73. The quantitative estimate of drug-likeness (QED) is 0.554. The average Bonchev–Trinajstić information content (AvgIpc) is 2.46. The van der Waals surface area contributed by atoms with Gasteiger partial charge in [-0.2, -0.15) is 11.8 Å². The van der Waals surface area contributed by atoms with Crippen molar-refractivity contribution in [2.24, 2.45) is 5.92 Å². The summed E-state index contributed by atoms with van der Waals surface area (Å²) in [6.45, 7) is 3.79. The largest absolute Gasteiger partial charge is 0.347 e. The van der Waals surface area contributed by atoms with Crippen LogP contribution in [-0.2, 0) is 9.47 Å². The molecule has 2 nitrogen and oxygen atoms in total. The van der Waals surface area contributed by atoms with Crippen LogP contribution in [-0.4, -0.2) is 30.5 Å². The summed E-state index contributed by atoms with van der Waals surface area (Å²) in [6, 6.07) is 0. The Morgan fingerprint density at radius 3 is 2.73 bits per heavy atom. The highest BCUT2D eigenvalue weighted by Gasteiger charge is 2.43. The third-order valence-corrected chi connectivity index (χ3v) is 3.72. The van der Waals surface area contributed by atoms with E-state index in [0.29, 0.717) is 5.92 Å². The molecule has 0 radical (unpaired) electrons. The zero-order valence-corrected chi connectivity index (χ0v) is 7.65. The molecule has 1 atom stereocenters. The van der Waals surface area contributed by atoms with Crippen molar-refractivity contribution >= 4 is 11.8 Å². The average molecular weight is 174 g/mol. The Hall–Kier alpha value is 0.270. The van der Waals surface area contributed by atoms with Crippen molar-refractivity contribution < 1.29 is 9.47 Å². The second kappa shape index (κ2) is 2.96. The summed E-state index contributed by atoms with van der Waals surface area (Å²) >= 11 is 2.00. The van der Waals surface area contributed by atoms with Crippen LogP contribution >= 0.6 is 11.8 Å². The van der Waals surface area contributed by atoms with Crippen LogP contribution < -0.4 is 0 Å². The molecule has 3 heteroatoms. The van der Waals surface area contributed by atoms with Gasteiger partial charge in [-0.15, -0.1) is 0 Å². The maximum absolute atomic E-state index is 5.66. The summed E-state index contributed by atoms with van der Waals surface area (Å²) in [5.74, 6) is 2.74. The van der Waals surface area contributed by atoms with Crippen molar-refractivity contribution in [2.45, 2.75) is 19.1 Å². The minimum Gasteiger partial charge on any atom is -0.347 e. The van der Waals surface area contributed by atoms with E-state index >= 15 is 0 Å². The van der Waals surface area contributed by atoms with Gasteiger partial charge in [0, 0.05) is 18.1 Å². The van der Waals surface area contributed by atoms with Crippen molar-refractivity contribution in [1.29, 1.82) is 0 Å². The molecule has 2 aliphatic rings. The number of rotatable bonds is 0. The summed E-state index contributed by atoms with van der Waals surface area (Å²) < 4.78 is 11.3. The van der Waals surface area contributed by atoms with Crippen molar-refractivity contribution in [3.05, 3.63) is 0 Å². The molecular weight excluding hydrogens is 160 g/mol. The normalized spacial score (nSPS) is 36.3. The molecule has 0 aromatic rings. The lowest BCUT2D eigenvalue weighted by Gasteiger charge is -2.36. The summed E-state index contributed by atoms with van der Waals surface area (Å²) in [4.78, 5) is 0. The van der Waals surface area contributed by atoms with Crippen LogP contribution in [0.1, 0.15) is 13.3 Å². The number of hydrogen-bond acceptors (Lipinski definition) is 3. The number of ether oxygens (including phenoxy) is 2. The van der Waals surface area contributed by atoms with Crippen LogP contribution in [0.4, 0.5) is 0 Å². The molecule has 11 heavy (non-hydrogen) atoms. The SMILES string of the molecule is C[C@@H]1CSCCC12OCCO2. The van der Waals surface area contributed by atoms with Gasteiger partial charge >= 0.3 is 0 Å². The first-order valence-corrected chi connectivity index (χ1v) is 5.35. The fourth-order valence-electron chi connectivity index (χ4n) is 1.75. The minimum atomic E-state index is -0.189. The van der Waals surface area contributed by atoms with Crippen LogP contribution in [0.15, 0.2) is 0 Å². The molecule has 2 fully saturated rings. The first kappa shape index (κ1) is 7.90. The van der Waals surface area contributed by atoms with Gasteiger partial charge in [-0.05, 0) is 5.75 Å². The zero-order valence-electron chi connectivity index (χ0n) is 6.84. The van der Waals surface area contributed by atoms with Gasteiger partial charge in [0.05, 0.1) is 13.2 Å². The Morgan fingerprint density at radius 1 is 1.36 bits per heavy atom. The monoisotopic (exact) mass is 174 g/mol. The van der Waals surface area contributed by atoms with E-state index < -0.39 is 0 Å². The van der Waals surface area contributed by atoms with E-state index in [1.807, 2.05) is 11.8 Å². The highest BCUT2D eigenvalue weighted by Crippen LogP contribution is 2.38. The molecule has 2 rings (SSSR count). The second-order valence-corrected chi connectivity index (χ2v) is 4.38. The smallest absolute Gasteiger partial charge is 0.172 e. The predicted octanol–water partition coefficient (Wildman–Crippen LogP) is 1.50. The van der Waals surface area contributed by atoms with Crippen LogP contribution in [0.3, 0.4) is 0 Å². The molecule has 0 amide bonds. The summed E-state index contributed by atoms with van der Waals surface area (Å²) in [5, 5.41) is 0. The second-order valence-electron chi connectivity index (χ2n) is 3.23. The van der Waals surface area contributed by atoms with Gasteiger partial charge in [-0.25, -0.2) is 0 Å². The van der Waals surface area contributed by atoms with E-state index in [2.05, 4.69) is 6.92 Å². The maximum Gasteiger partial charge on any atom is 0.172 e. The molecule has 2 saturated heterocycles. The van der Waals surface area contributed by atoms with Crippen molar-refractivity contribution in [1.82, 2.24) is 0 Å². The first-order valence-electron chi connectivity index (χ1n) is 4.19. The molecule has 0 saturated carbocycles. The summed E-state index contributed by atoms with van der Waals surface area (Å²) in [7, 11) is 0. The van der Waals surface area contributed by atoms with Crippen LogP contribution in [0.25, 0.3) is 0 Å². The molecule has 2 heterocycles. The van der Waals surface area contributed by atoms with Crippen molar-refractivity contribution in [2.75, 3.05) is 24.7 Å². The van der Waals surface area contributed by atoms with E-state index in [0.717, 1.165) is 19.6 Å². The minimum absolute atomic E-state index is 0.189. The van der Waals surface area contributed by atoms with E-state index in [-0.39, 0.29) is 5.79 Å². The van der Waals surface area contributed by atoms with Gasteiger partial charge in [-0.1, -0.05) is 6.92 Å². The molecule has 1 spiro atoms. The Bertz CT molecular complexity index is 143. The molecule has 2 aliphatic heterocycles. The van der Waals surface area contributed by atoms with E-state index in [9.17, 15) is 0 Å². The van der Waals surface area contributed by atoms with Crippen molar-refractivity contribution in [3.8, 4) is 0 Å². The maximum atomic E-state index is 5.66. The Kier molecular flexibility index (Phi) is 2.12. The van der Waals surface area contributed by atoms with Gasteiger partial charge < -0.3 is 9.47 Å². The van der Waals surface area contributed by atoms with E-state index in [1.54, 1.807) is 0 Å². The van der Waals surface area contributed by atoms with E-state index in [4.69, 9.17) is 9.47 Å². The van der Waals surface area contributed by atoms with Crippen molar-refractivity contribution in [3.63, 3.8) is 0 Å². The number of hydrogen-bond donors (Lipinski definition) is 0. The standard InChI is InChI=1S/C8H14O2S/c1-7-6-11-5-2-8(7)9-3-4-10-8/h7H,2-6H2,1H3/t7-/m1/s1. The Labute approximate surface area is 71.6 Å². The molecule has 0 unspecified atom stereocenters. The topological polar surface area (TPSA) is 18.5 Å². The van der Waals surface area contributed by atoms with Crippen LogP contribution in [0.2, 0.25) is 0 Å². The predicted molar refractivity (Wildman–Crippen MR) is 45.7 cm³/mol. The molecule has 0 bridgehead atoms. The third-order valence-electron chi connectivity index (χ3n) is 2.49. The van der Waals surface area contributed by atoms with Gasteiger partial charge in [0.15, 0.2) is 5.79 Å². The number of thioether (sulfide) groups is 1. The summed E-state index contributed by atoms with van der Waals surface area (Å²) in [6.07, 6.45) is 1.07. The molecule has 64 valence electrons. The summed E-state index contributed by atoms with van der Waals surface area (Å²) in [5.41, 5.74) is 0. The highest BCUT2D eigenvalue weighted by molar-refractivity contribution is 7.99. The van der Waals surface area contributed by atoms with E-state index in [1.165, 1.54) is 11.5 Å². The highest BCUT2D eigenvalue weighted by atomic mass is 32.2. The van der Waals surface area contributed by atoms with Gasteiger partial charge in [0.2, 0.25) is 0 Å². The van der Waals surface area contributed by atoms with Gasteiger partial charge in [0.25, 0.3) is 0 Å². The first-order chi connectivity index (χ1) is 5.33. The Balaban J connectivity index is 2.07. The molecular formula is C8H14O2S. The lowest BCUT2D eigenvalue weighted by Crippen LogP contribution is -2.42. The van der Waals surface area contributed by atoms with Crippen LogP contribution in [0, 0.1) is 5.92 Å².